The van der Waals surface area contributed by atoms with Crippen LogP contribution in [0.4, 0.5) is 0 Å². The third-order valence-electron chi connectivity index (χ3n) is 4.87. The van der Waals surface area contributed by atoms with Gasteiger partial charge in [0, 0.05) is 48.0 Å². The minimum absolute atomic E-state index is 0.0814. The molecule has 0 aliphatic carbocycles. The Morgan fingerprint density at radius 2 is 2.03 bits per heavy atom. The summed E-state index contributed by atoms with van der Waals surface area (Å²) in [5.41, 5.74) is 0.904. The van der Waals surface area contributed by atoms with E-state index in [1.165, 1.54) is 39.0 Å². The van der Waals surface area contributed by atoms with Crippen molar-refractivity contribution in [2.75, 3.05) is 20.0 Å². The molecule has 1 aromatic rings. The van der Waals surface area contributed by atoms with Crippen LogP contribution in [0.15, 0.2) is 6.07 Å². The van der Waals surface area contributed by atoms with Gasteiger partial charge in [0.2, 0.25) is 6.29 Å². The Kier molecular flexibility index (Phi) is 9.14. The lowest BCUT2D eigenvalue weighted by atomic mass is 9.97. The van der Waals surface area contributed by atoms with E-state index < -0.39 is 35.5 Å². The van der Waals surface area contributed by atoms with E-state index >= 15 is 0 Å². The normalized spacial score (nSPS) is 22.1. The molecule has 0 saturated heterocycles. The van der Waals surface area contributed by atoms with Crippen LogP contribution in [0.25, 0.3) is 0 Å². The van der Waals surface area contributed by atoms with Crippen LogP contribution in [-0.4, -0.2) is 60.3 Å². The smallest absolute Gasteiger partial charge is 0.342 e. The van der Waals surface area contributed by atoms with Gasteiger partial charge in [0.25, 0.3) is 0 Å². The van der Waals surface area contributed by atoms with Crippen LogP contribution in [0.5, 0.6) is 11.5 Å². The van der Waals surface area contributed by atoms with Crippen LogP contribution in [0, 0.1) is 6.92 Å². The Hall–Kier alpha value is -2.53. The third kappa shape index (κ3) is 6.26. The molecule has 176 valence electrons. The molecule has 2 rings (SSSR count). The van der Waals surface area contributed by atoms with Gasteiger partial charge < -0.3 is 29.4 Å². The van der Waals surface area contributed by atoms with E-state index in [0.29, 0.717) is 21.9 Å². The van der Waals surface area contributed by atoms with E-state index in [2.05, 4.69) is 5.32 Å². The van der Waals surface area contributed by atoms with Crippen molar-refractivity contribution in [2.24, 2.45) is 0 Å². The number of carbonyl (C=O) groups excluding carboxylic acids is 3. The molecule has 2 N–H and O–H groups in total. The fourth-order valence-electron chi connectivity index (χ4n) is 3.31. The first-order valence-corrected chi connectivity index (χ1v) is 11.3. The lowest BCUT2D eigenvalue weighted by molar-refractivity contribution is -0.166. The van der Waals surface area contributed by atoms with Crippen LogP contribution in [0.2, 0.25) is 0 Å². The molecule has 0 radical (unpaired) electrons. The van der Waals surface area contributed by atoms with Crippen molar-refractivity contribution in [3.8, 4) is 11.5 Å². The quantitative estimate of drug-likeness (QED) is 0.486. The van der Waals surface area contributed by atoms with Gasteiger partial charge in [0.05, 0.1) is 24.8 Å². The van der Waals surface area contributed by atoms with Gasteiger partial charge in [0.15, 0.2) is 0 Å². The average Bonchev–Trinajstić information content (AvgIpc) is 2.74. The Labute approximate surface area is 196 Å². The molecule has 1 aliphatic rings. The number of phenolic OH excluding ortho intramolecular Hbond substituents is 1. The van der Waals surface area contributed by atoms with Crippen LogP contribution >= 0.6 is 24.0 Å². The molecule has 0 aromatic heterocycles. The summed E-state index contributed by atoms with van der Waals surface area (Å²) < 4.78 is 20.8. The number of cyclic esters (lactones) is 1. The number of thiocarbonyl (C=S) groups is 1. The molecular weight excluding hydrogens is 458 g/mol. The Bertz CT molecular complexity index is 904. The van der Waals surface area contributed by atoms with E-state index in [1.807, 2.05) is 0 Å². The number of thioether (sulfide) groups is 1. The first-order chi connectivity index (χ1) is 15.1. The van der Waals surface area contributed by atoms with Gasteiger partial charge in [-0.15, -0.1) is 0 Å². The van der Waals surface area contributed by atoms with Crippen molar-refractivity contribution in [3.63, 3.8) is 0 Å². The minimum atomic E-state index is -1.21. The van der Waals surface area contributed by atoms with Crippen molar-refractivity contribution in [1.29, 1.82) is 0 Å². The van der Waals surface area contributed by atoms with Gasteiger partial charge >= 0.3 is 17.9 Å². The predicted octanol–water partition coefficient (Wildman–Crippen LogP) is 2.80. The van der Waals surface area contributed by atoms with E-state index in [9.17, 15) is 19.5 Å². The molecule has 0 bridgehead atoms. The zero-order valence-corrected chi connectivity index (χ0v) is 20.2. The maximum Gasteiger partial charge on any atom is 0.342 e. The highest BCUT2D eigenvalue weighted by molar-refractivity contribution is 7.99. The fourth-order valence-corrected chi connectivity index (χ4v) is 4.67. The number of carbonyl (C=O) groups is 3. The molecule has 9 nitrogen and oxygen atoms in total. The lowest BCUT2D eigenvalue weighted by Gasteiger charge is -2.23. The zero-order valence-electron chi connectivity index (χ0n) is 18.6. The van der Waals surface area contributed by atoms with Gasteiger partial charge in [-0.2, -0.15) is 11.8 Å². The largest absolute Gasteiger partial charge is 0.507 e. The highest BCUT2D eigenvalue weighted by Crippen LogP contribution is 2.42. The second-order valence-corrected chi connectivity index (χ2v) is 8.98. The fraction of sp³-hybridized carbons (Fsp3) is 0.524. The molecule has 1 aromatic carbocycles. The van der Waals surface area contributed by atoms with Crippen LogP contribution in [0.1, 0.15) is 53.4 Å². The number of methoxy groups -OCH3 is 2. The minimum Gasteiger partial charge on any atom is -0.507 e. The summed E-state index contributed by atoms with van der Waals surface area (Å²) in [6.45, 7) is 4.66. The average molecular weight is 486 g/mol. The molecule has 0 fully saturated rings. The molecule has 32 heavy (non-hydrogen) atoms. The van der Waals surface area contributed by atoms with Crippen molar-refractivity contribution < 1.29 is 38.4 Å². The predicted molar refractivity (Wildman–Crippen MR) is 122 cm³/mol. The van der Waals surface area contributed by atoms with Crippen molar-refractivity contribution >= 4 is 46.9 Å². The summed E-state index contributed by atoms with van der Waals surface area (Å²) in [4.78, 5) is 37.3. The number of phenols is 1. The molecule has 3 atom stereocenters. The van der Waals surface area contributed by atoms with Crippen LogP contribution in [-0.2, 0) is 23.8 Å². The van der Waals surface area contributed by atoms with Gasteiger partial charge in [-0.05, 0) is 13.8 Å². The molecule has 0 spiro atoms. The van der Waals surface area contributed by atoms with Crippen LogP contribution in [0.3, 0.4) is 0 Å². The summed E-state index contributed by atoms with van der Waals surface area (Å²) in [7, 11) is 2.70. The van der Waals surface area contributed by atoms with Gasteiger partial charge in [0.1, 0.15) is 17.5 Å². The van der Waals surface area contributed by atoms with Gasteiger partial charge in [-0.3, -0.25) is 4.79 Å². The number of nitrogens with one attached hydrogen (secondary N) is 1. The number of hydrogen-bond donors (Lipinski definition) is 2. The Morgan fingerprint density at radius 3 is 2.62 bits per heavy atom. The summed E-state index contributed by atoms with van der Waals surface area (Å²) in [5.74, 6) is -1.49. The Balaban J connectivity index is 2.57. The van der Waals surface area contributed by atoms with E-state index in [0.717, 1.165) is 0 Å². The standard InChI is InChI=1S/C21H27NO8S2/c1-10-15(27-4)8-14(24)19-11(2)32-9-13(20(25)28-5)22-16(31)6-7-17(29-12(3)23)30-21(26)18(10)19/h8,11,13,17,24H,6-7,9H2,1-5H3,(H,22,31)/t11?,13-,17-/m0/s1. The van der Waals surface area contributed by atoms with Gasteiger partial charge in [-0.25, -0.2) is 9.59 Å². The summed E-state index contributed by atoms with van der Waals surface area (Å²) in [6.07, 6.45) is -0.928. The molecular formula is C21H27NO8S2. The van der Waals surface area contributed by atoms with E-state index in [1.54, 1.807) is 13.8 Å². The number of esters is 3. The number of benzene rings is 1. The molecule has 0 saturated carbocycles. The Morgan fingerprint density at radius 1 is 1.34 bits per heavy atom. The number of fused-ring (bicyclic) bond motifs is 1. The third-order valence-corrected chi connectivity index (χ3v) is 6.45. The molecule has 1 aliphatic heterocycles. The van der Waals surface area contributed by atoms with Crippen molar-refractivity contribution in [1.82, 2.24) is 5.32 Å². The second kappa shape index (κ2) is 11.4. The highest BCUT2D eigenvalue weighted by atomic mass is 32.2. The maximum absolute atomic E-state index is 13.2. The second-order valence-electron chi connectivity index (χ2n) is 7.11. The summed E-state index contributed by atoms with van der Waals surface area (Å²) in [6, 6.07) is 0.681. The zero-order chi connectivity index (χ0) is 24.0. The molecule has 11 heteroatoms. The summed E-state index contributed by atoms with van der Waals surface area (Å²) >= 11 is 6.64. The maximum atomic E-state index is 13.2. The SMILES string of the molecule is COC(=O)[C@@H]1CSC(C)c2c(O)cc(OC)c(C)c2C(=O)O[C@H](OC(C)=O)CCC(=S)N1. The van der Waals surface area contributed by atoms with Crippen molar-refractivity contribution in [3.05, 3.63) is 22.8 Å². The molecule has 0 amide bonds. The number of hydrogen-bond acceptors (Lipinski definition) is 10. The first-order valence-electron chi connectivity index (χ1n) is 9.86. The van der Waals surface area contributed by atoms with Gasteiger partial charge in [-0.1, -0.05) is 12.2 Å². The van der Waals surface area contributed by atoms with E-state index in [-0.39, 0.29) is 29.9 Å². The van der Waals surface area contributed by atoms with Crippen LogP contribution < -0.4 is 10.1 Å². The highest BCUT2D eigenvalue weighted by Gasteiger charge is 2.31. The molecule has 1 unspecified atom stereocenters. The van der Waals surface area contributed by atoms with Crippen molar-refractivity contribution in [2.45, 2.75) is 51.2 Å². The monoisotopic (exact) mass is 485 g/mol. The first kappa shape index (κ1) is 25.7. The number of aromatic hydroxyl groups is 1. The molecule has 1 heterocycles. The van der Waals surface area contributed by atoms with E-state index in [4.69, 9.17) is 31.2 Å². The lowest BCUT2D eigenvalue weighted by Crippen LogP contribution is -2.43. The number of ether oxygens (including phenoxy) is 4. The number of rotatable bonds is 3. The topological polar surface area (TPSA) is 120 Å². The summed E-state index contributed by atoms with van der Waals surface area (Å²) in [5, 5.41) is 13.2.